The Morgan fingerprint density at radius 1 is 1.22 bits per heavy atom. The monoisotopic (exact) mass is 322 g/mol. The SMILES string of the molecule is CC(C(=O)NCCCCN)N1CCN(c2ccc(F)cc2)CC1. The lowest BCUT2D eigenvalue weighted by atomic mass is 10.2. The lowest BCUT2D eigenvalue weighted by Crippen LogP contribution is -2.54. The van der Waals surface area contributed by atoms with Crippen LogP contribution in [0.5, 0.6) is 0 Å². The van der Waals surface area contributed by atoms with Crippen molar-refractivity contribution in [2.24, 2.45) is 5.73 Å². The molecule has 1 saturated heterocycles. The predicted octanol–water partition coefficient (Wildman–Crippen LogP) is 1.19. The third-order valence-corrected chi connectivity index (χ3v) is 4.36. The van der Waals surface area contributed by atoms with Gasteiger partial charge in [0.1, 0.15) is 5.82 Å². The first-order chi connectivity index (χ1) is 11.1. The van der Waals surface area contributed by atoms with Crippen molar-refractivity contribution in [2.45, 2.75) is 25.8 Å². The minimum atomic E-state index is -0.215. The van der Waals surface area contributed by atoms with Crippen LogP contribution in [0.4, 0.5) is 10.1 Å². The number of nitrogens with two attached hydrogens (primary N) is 1. The Morgan fingerprint density at radius 3 is 2.48 bits per heavy atom. The summed E-state index contributed by atoms with van der Waals surface area (Å²) in [6.07, 6.45) is 1.86. The molecule has 5 nitrogen and oxygen atoms in total. The molecule has 128 valence electrons. The molecule has 1 atom stereocenters. The summed E-state index contributed by atoms with van der Waals surface area (Å²) in [4.78, 5) is 16.6. The zero-order valence-electron chi connectivity index (χ0n) is 13.8. The van der Waals surface area contributed by atoms with Gasteiger partial charge < -0.3 is 16.0 Å². The van der Waals surface area contributed by atoms with Crippen molar-refractivity contribution in [3.05, 3.63) is 30.1 Å². The van der Waals surface area contributed by atoms with Crippen molar-refractivity contribution in [3.8, 4) is 0 Å². The van der Waals surface area contributed by atoms with Gasteiger partial charge in [-0.3, -0.25) is 9.69 Å². The second-order valence-electron chi connectivity index (χ2n) is 5.96. The first kappa shape index (κ1) is 17.7. The van der Waals surface area contributed by atoms with Crippen LogP contribution in [-0.4, -0.2) is 56.1 Å². The van der Waals surface area contributed by atoms with Crippen LogP contribution in [0.25, 0.3) is 0 Å². The summed E-state index contributed by atoms with van der Waals surface area (Å²) >= 11 is 0. The van der Waals surface area contributed by atoms with E-state index >= 15 is 0 Å². The molecule has 0 aliphatic carbocycles. The molecule has 1 fully saturated rings. The number of carbonyl (C=O) groups excluding carboxylic acids is 1. The van der Waals surface area contributed by atoms with Gasteiger partial charge in [-0.15, -0.1) is 0 Å². The Morgan fingerprint density at radius 2 is 1.87 bits per heavy atom. The summed E-state index contributed by atoms with van der Waals surface area (Å²) in [6.45, 7) is 6.65. The highest BCUT2D eigenvalue weighted by Crippen LogP contribution is 2.17. The Labute approximate surface area is 137 Å². The highest BCUT2D eigenvalue weighted by Gasteiger charge is 2.25. The molecular weight excluding hydrogens is 295 g/mol. The number of hydrogen-bond acceptors (Lipinski definition) is 4. The Hall–Kier alpha value is -1.66. The molecule has 1 aromatic rings. The van der Waals surface area contributed by atoms with Gasteiger partial charge in [-0.25, -0.2) is 4.39 Å². The number of piperazine rings is 1. The molecule has 1 heterocycles. The number of nitrogens with one attached hydrogen (secondary N) is 1. The van der Waals surface area contributed by atoms with Crippen LogP contribution in [0.2, 0.25) is 0 Å². The van der Waals surface area contributed by atoms with Crippen molar-refractivity contribution in [3.63, 3.8) is 0 Å². The van der Waals surface area contributed by atoms with E-state index in [-0.39, 0.29) is 17.8 Å². The van der Waals surface area contributed by atoms with Crippen molar-refractivity contribution in [2.75, 3.05) is 44.2 Å². The van der Waals surface area contributed by atoms with Crippen molar-refractivity contribution in [1.29, 1.82) is 0 Å². The number of halogens is 1. The summed E-state index contributed by atoms with van der Waals surface area (Å²) in [7, 11) is 0. The summed E-state index contributed by atoms with van der Waals surface area (Å²) in [5.41, 5.74) is 6.48. The van der Waals surface area contributed by atoms with Gasteiger partial charge in [0.15, 0.2) is 0 Å². The van der Waals surface area contributed by atoms with Crippen molar-refractivity contribution in [1.82, 2.24) is 10.2 Å². The standard InChI is InChI=1S/C17H27FN4O/c1-14(17(23)20-9-3-2-8-19)21-10-12-22(13-11-21)16-6-4-15(18)5-7-16/h4-7,14H,2-3,8-13,19H2,1H3,(H,20,23). The second-order valence-corrected chi connectivity index (χ2v) is 5.96. The molecule has 0 aromatic heterocycles. The fourth-order valence-electron chi connectivity index (χ4n) is 2.81. The summed E-state index contributed by atoms with van der Waals surface area (Å²) in [5, 5.41) is 2.97. The number of anilines is 1. The van der Waals surface area contributed by atoms with E-state index in [1.54, 1.807) is 12.1 Å². The van der Waals surface area contributed by atoms with Gasteiger partial charge in [0.2, 0.25) is 5.91 Å². The van der Waals surface area contributed by atoms with Crippen LogP contribution in [0.3, 0.4) is 0 Å². The van der Waals surface area contributed by atoms with Crippen LogP contribution in [-0.2, 0) is 4.79 Å². The van der Waals surface area contributed by atoms with Crippen molar-refractivity contribution < 1.29 is 9.18 Å². The Balaban J connectivity index is 1.76. The maximum atomic E-state index is 13.0. The lowest BCUT2D eigenvalue weighted by molar-refractivity contribution is -0.126. The number of unbranched alkanes of at least 4 members (excludes halogenated alkanes) is 1. The van der Waals surface area contributed by atoms with E-state index in [1.807, 2.05) is 6.92 Å². The van der Waals surface area contributed by atoms with Crippen molar-refractivity contribution >= 4 is 11.6 Å². The maximum Gasteiger partial charge on any atom is 0.237 e. The van der Waals surface area contributed by atoms with Gasteiger partial charge in [0.25, 0.3) is 0 Å². The largest absolute Gasteiger partial charge is 0.369 e. The van der Waals surface area contributed by atoms with Crippen LogP contribution >= 0.6 is 0 Å². The van der Waals surface area contributed by atoms with E-state index in [9.17, 15) is 9.18 Å². The minimum Gasteiger partial charge on any atom is -0.369 e. The number of carbonyl (C=O) groups is 1. The summed E-state index contributed by atoms with van der Waals surface area (Å²) in [6, 6.07) is 6.46. The average molecular weight is 322 g/mol. The fraction of sp³-hybridized carbons (Fsp3) is 0.588. The number of benzene rings is 1. The number of nitrogens with zero attached hydrogens (tertiary/aromatic N) is 2. The molecule has 6 heteroatoms. The molecule has 1 aliphatic rings. The van der Waals surface area contributed by atoms with Gasteiger partial charge >= 0.3 is 0 Å². The Kier molecular flexibility index (Phi) is 6.80. The average Bonchev–Trinajstić information content (AvgIpc) is 2.59. The summed E-state index contributed by atoms with van der Waals surface area (Å²) < 4.78 is 13.0. The first-order valence-corrected chi connectivity index (χ1v) is 8.34. The normalized spacial score (nSPS) is 17.1. The topological polar surface area (TPSA) is 61.6 Å². The fourth-order valence-corrected chi connectivity index (χ4v) is 2.81. The molecule has 0 saturated carbocycles. The van der Waals surface area contributed by atoms with Crippen LogP contribution in [0, 0.1) is 5.82 Å². The molecule has 1 amide bonds. The molecule has 0 radical (unpaired) electrons. The van der Waals surface area contributed by atoms with Crippen LogP contribution in [0.15, 0.2) is 24.3 Å². The zero-order chi connectivity index (χ0) is 16.7. The Bertz CT molecular complexity index is 486. The molecule has 23 heavy (non-hydrogen) atoms. The smallest absolute Gasteiger partial charge is 0.237 e. The van der Waals surface area contributed by atoms with Gasteiger partial charge in [-0.2, -0.15) is 0 Å². The second kappa shape index (κ2) is 8.84. The molecule has 1 aromatic carbocycles. The number of amides is 1. The van der Waals surface area contributed by atoms with E-state index in [4.69, 9.17) is 5.73 Å². The molecule has 0 bridgehead atoms. The number of hydrogen-bond donors (Lipinski definition) is 2. The molecule has 2 rings (SSSR count). The third kappa shape index (κ3) is 5.18. The molecule has 1 aliphatic heterocycles. The van der Waals surface area contributed by atoms with Gasteiger partial charge in [0, 0.05) is 38.4 Å². The van der Waals surface area contributed by atoms with Crippen LogP contribution < -0.4 is 16.0 Å². The predicted molar refractivity (Wildman–Crippen MR) is 90.9 cm³/mol. The zero-order valence-corrected chi connectivity index (χ0v) is 13.8. The quantitative estimate of drug-likeness (QED) is 0.740. The van der Waals surface area contributed by atoms with E-state index in [0.29, 0.717) is 13.1 Å². The van der Waals surface area contributed by atoms with Crippen LogP contribution in [0.1, 0.15) is 19.8 Å². The molecule has 1 unspecified atom stereocenters. The van der Waals surface area contributed by atoms with Gasteiger partial charge in [-0.05, 0) is 50.6 Å². The van der Waals surface area contributed by atoms with E-state index in [2.05, 4.69) is 15.1 Å². The van der Waals surface area contributed by atoms with E-state index in [0.717, 1.165) is 44.7 Å². The third-order valence-electron chi connectivity index (χ3n) is 4.36. The molecule has 3 N–H and O–H groups in total. The summed E-state index contributed by atoms with van der Waals surface area (Å²) in [5.74, 6) is -0.135. The first-order valence-electron chi connectivity index (χ1n) is 8.34. The number of rotatable bonds is 7. The van der Waals surface area contributed by atoms with E-state index < -0.39 is 0 Å². The maximum absolute atomic E-state index is 13.0. The van der Waals surface area contributed by atoms with E-state index in [1.165, 1.54) is 12.1 Å². The molecular formula is C17H27FN4O. The lowest BCUT2D eigenvalue weighted by Gasteiger charge is -2.38. The molecule has 0 spiro atoms. The highest BCUT2D eigenvalue weighted by atomic mass is 19.1. The minimum absolute atomic E-state index is 0.0808. The van der Waals surface area contributed by atoms with Gasteiger partial charge in [-0.1, -0.05) is 0 Å². The van der Waals surface area contributed by atoms with Gasteiger partial charge in [0.05, 0.1) is 6.04 Å². The highest BCUT2D eigenvalue weighted by molar-refractivity contribution is 5.81.